The van der Waals surface area contributed by atoms with Crippen LogP contribution in [0.5, 0.6) is 0 Å². The molecule has 0 saturated heterocycles. The molecule has 1 amide bonds. The third-order valence-corrected chi connectivity index (χ3v) is 3.66. The molecule has 0 saturated carbocycles. The Morgan fingerprint density at radius 3 is 2.87 bits per heavy atom. The van der Waals surface area contributed by atoms with Crippen molar-refractivity contribution in [3.8, 4) is 0 Å². The molecule has 0 fully saturated rings. The zero-order chi connectivity index (χ0) is 11.3. The van der Waals surface area contributed by atoms with Crippen molar-refractivity contribution in [2.45, 2.75) is 13.3 Å². The van der Waals surface area contributed by atoms with Crippen LogP contribution in [0.4, 0.5) is 0 Å². The first kappa shape index (κ1) is 11.8. The van der Waals surface area contributed by atoms with Crippen LogP contribution < -0.4 is 10.6 Å². The van der Waals surface area contributed by atoms with E-state index in [1.165, 1.54) is 0 Å². The maximum Gasteiger partial charge on any atom is 0.207 e. The zero-order valence-electron chi connectivity index (χ0n) is 8.49. The lowest BCUT2D eigenvalue weighted by molar-refractivity contribution is -0.109. The Morgan fingerprint density at radius 2 is 2.27 bits per heavy atom. The van der Waals surface area contributed by atoms with Gasteiger partial charge in [-0.15, -0.1) is 0 Å². The van der Waals surface area contributed by atoms with Crippen LogP contribution in [-0.4, -0.2) is 27.1 Å². The second kappa shape index (κ2) is 4.97. The quantitative estimate of drug-likeness (QED) is 0.510. The predicted octanol–water partition coefficient (Wildman–Crippen LogP) is -0.114. The van der Waals surface area contributed by atoms with Gasteiger partial charge in [0, 0.05) is 12.2 Å². The number of hydrogen-bond acceptors (Lipinski definition) is 4. The van der Waals surface area contributed by atoms with E-state index in [2.05, 4.69) is 10.6 Å². The topological polar surface area (TPSA) is 75.3 Å². The van der Waals surface area contributed by atoms with Crippen LogP contribution in [0.25, 0.3) is 0 Å². The van der Waals surface area contributed by atoms with E-state index in [1.807, 2.05) is 13.0 Å². The number of rotatable bonds is 5. The SMILES string of the molecule is CC1=CCC=C(S(=O)(=O)CCNC=O)N1. The molecular formula is C9H14N2O3S. The second-order valence-electron chi connectivity index (χ2n) is 3.21. The van der Waals surface area contributed by atoms with Crippen molar-refractivity contribution >= 4 is 16.2 Å². The Balaban J connectivity index is 2.62. The molecule has 0 aromatic rings. The number of allylic oxidation sites excluding steroid dienone is 3. The third-order valence-electron chi connectivity index (χ3n) is 1.98. The number of carbonyl (C=O) groups is 1. The summed E-state index contributed by atoms with van der Waals surface area (Å²) in [5.74, 6) is -0.0855. The van der Waals surface area contributed by atoms with Gasteiger partial charge in [0.05, 0.1) is 5.75 Å². The summed E-state index contributed by atoms with van der Waals surface area (Å²) < 4.78 is 23.4. The second-order valence-corrected chi connectivity index (χ2v) is 5.28. The smallest absolute Gasteiger partial charge is 0.207 e. The molecule has 0 bridgehead atoms. The zero-order valence-corrected chi connectivity index (χ0v) is 9.30. The molecule has 2 N–H and O–H groups in total. The Morgan fingerprint density at radius 1 is 1.53 bits per heavy atom. The van der Waals surface area contributed by atoms with Gasteiger partial charge >= 0.3 is 0 Å². The fourth-order valence-electron chi connectivity index (χ4n) is 1.21. The summed E-state index contributed by atoms with van der Waals surface area (Å²) in [6, 6.07) is 0. The van der Waals surface area contributed by atoms with E-state index in [4.69, 9.17) is 0 Å². The van der Waals surface area contributed by atoms with E-state index < -0.39 is 9.84 Å². The van der Waals surface area contributed by atoms with Gasteiger partial charge in [0.25, 0.3) is 0 Å². The van der Waals surface area contributed by atoms with Crippen LogP contribution in [-0.2, 0) is 14.6 Å². The first-order chi connectivity index (χ1) is 7.06. The summed E-state index contributed by atoms with van der Waals surface area (Å²) in [6.07, 6.45) is 4.64. The van der Waals surface area contributed by atoms with Crippen LogP contribution in [0.3, 0.4) is 0 Å². The van der Waals surface area contributed by atoms with E-state index in [0.29, 0.717) is 12.8 Å². The van der Waals surface area contributed by atoms with E-state index in [-0.39, 0.29) is 17.3 Å². The normalized spacial score (nSPS) is 16.1. The van der Waals surface area contributed by atoms with Gasteiger partial charge in [-0.1, -0.05) is 6.08 Å². The molecule has 0 spiro atoms. The van der Waals surface area contributed by atoms with Crippen LogP contribution in [0.15, 0.2) is 22.9 Å². The monoisotopic (exact) mass is 230 g/mol. The van der Waals surface area contributed by atoms with E-state index in [9.17, 15) is 13.2 Å². The highest BCUT2D eigenvalue weighted by Crippen LogP contribution is 2.12. The molecule has 0 radical (unpaired) electrons. The highest BCUT2D eigenvalue weighted by Gasteiger charge is 2.18. The minimum Gasteiger partial charge on any atom is -0.358 e. The van der Waals surface area contributed by atoms with Crippen LogP contribution in [0.1, 0.15) is 13.3 Å². The largest absolute Gasteiger partial charge is 0.358 e. The van der Waals surface area contributed by atoms with Gasteiger partial charge < -0.3 is 10.6 Å². The molecule has 5 nitrogen and oxygen atoms in total. The predicted molar refractivity (Wildman–Crippen MR) is 57.4 cm³/mol. The van der Waals surface area contributed by atoms with Gasteiger partial charge in [0.15, 0.2) is 9.84 Å². The summed E-state index contributed by atoms with van der Waals surface area (Å²) in [6.45, 7) is 1.94. The molecule has 15 heavy (non-hydrogen) atoms. The van der Waals surface area contributed by atoms with Crippen molar-refractivity contribution in [2.24, 2.45) is 0 Å². The van der Waals surface area contributed by atoms with Crippen LogP contribution in [0.2, 0.25) is 0 Å². The maximum absolute atomic E-state index is 11.7. The summed E-state index contributed by atoms with van der Waals surface area (Å²) in [7, 11) is -3.30. The Labute approximate surface area is 89.2 Å². The number of hydrogen-bond donors (Lipinski definition) is 2. The summed E-state index contributed by atoms with van der Waals surface area (Å²) in [5, 5.41) is 5.36. The summed E-state index contributed by atoms with van der Waals surface area (Å²) in [5.41, 5.74) is 0.833. The third kappa shape index (κ3) is 3.39. The molecule has 0 aromatic carbocycles. The first-order valence-corrected chi connectivity index (χ1v) is 6.25. The maximum atomic E-state index is 11.7. The molecule has 1 aliphatic rings. The van der Waals surface area contributed by atoms with Crippen molar-refractivity contribution in [1.82, 2.24) is 10.6 Å². The lowest BCUT2D eigenvalue weighted by Crippen LogP contribution is -2.28. The Kier molecular flexibility index (Phi) is 3.90. The molecule has 6 heteroatoms. The van der Waals surface area contributed by atoms with Gasteiger partial charge in [-0.05, 0) is 19.4 Å². The first-order valence-electron chi connectivity index (χ1n) is 4.60. The van der Waals surface area contributed by atoms with Gasteiger partial charge in [-0.2, -0.15) is 0 Å². The lowest BCUT2D eigenvalue weighted by atomic mass is 10.3. The standard InChI is InChI=1S/C9H14N2O3S/c1-8-3-2-4-9(11-8)15(13,14)6-5-10-7-12/h3-4,7,11H,2,5-6H2,1H3,(H,10,12). The molecule has 1 aliphatic heterocycles. The van der Waals surface area contributed by atoms with Crippen molar-refractivity contribution in [2.75, 3.05) is 12.3 Å². The van der Waals surface area contributed by atoms with Crippen molar-refractivity contribution in [3.05, 3.63) is 22.9 Å². The van der Waals surface area contributed by atoms with Gasteiger partial charge in [-0.3, -0.25) is 4.79 Å². The average Bonchev–Trinajstić information content (AvgIpc) is 2.18. The molecule has 0 aromatic heterocycles. The molecule has 0 atom stereocenters. The van der Waals surface area contributed by atoms with Gasteiger partial charge in [0.2, 0.25) is 6.41 Å². The Bertz CT molecular complexity index is 396. The number of amides is 1. The molecule has 0 aliphatic carbocycles. The van der Waals surface area contributed by atoms with Crippen molar-refractivity contribution in [1.29, 1.82) is 0 Å². The van der Waals surface area contributed by atoms with E-state index in [1.54, 1.807) is 6.08 Å². The fraction of sp³-hybridized carbons (Fsp3) is 0.444. The minimum atomic E-state index is -3.30. The Hall–Kier alpha value is -1.30. The number of nitrogens with one attached hydrogen (secondary N) is 2. The molecule has 1 heterocycles. The van der Waals surface area contributed by atoms with Gasteiger partial charge in [-0.25, -0.2) is 8.42 Å². The summed E-state index contributed by atoms with van der Waals surface area (Å²) >= 11 is 0. The lowest BCUT2D eigenvalue weighted by Gasteiger charge is -2.15. The molecular weight excluding hydrogens is 216 g/mol. The average molecular weight is 230 g/mol. The van der Waals surface area contributed by atoms with Crippen molar-refractivity contribution < 1.29 is 13.2 Å². The van der Waals surface area contributed by atoms with E-state index >= 15 is 0 Å². The van der Waals surface area contributed by atoms with Crippen LogP contribution >= 0.6 is 0 Å². The molecule has 1 rings (SSSR count). The fourth-order valence-corrected chi connectivity index (χ4v) is 2.48. The van der Waals surface area contributed by atoms with Gasteiger partial charge in [0.1, 0.15) is 5.03 Å². The number of dihydropyridines is 1. The summed E-state index contributed by atoms with van der Waals surface area (Å²) in [4.78, 5) is 9.97. The highest BCUT2D eigenvalue weighted by molar-refractivity contribution is 7.95. The minimum absolute atomic E-state index is 0.0855. The van der Waals surface area contributed by atoms with Crippen molar-refractivity contribution in [3.63, 3.8) is 0 Å². The number of sulfone groups is 1. The molecule has 84 valence electrons. The van der Waals surface area contributed by atoms with Crippen LogP contribution in [0, 0.1) is 0 Å². The molecule has 0 unspecified atom stereocenters. The number of carbonyl (C=O) groups excluding carboxylic acids is 1. The van der Waals surface area contributed by atoms with E-state index in [0.717, 1.165) is 5.70 Å². The highest BCUT2D eigenvalue weighted by atomic mass is 32.2.